The molecule has 1 aliphatic heterocycles. The molecular weight excluding hydrogens is 388 g/mol. The average Bonchev–Trinajstić information content (AvgIpc) is 3.22. The predicted molar refractivity (Wildman–Crippen MR) is 122 cm³/mol. The SMILES string of the molecule is COc1ccc(-c2c(C)[nH]c3c(N4CC5CC5C4)c(-c4ccccc4)nn3c2=O)cc1. The van der Waals surface area contributed by atoms with Crippen molar-refractivity contribution in [2.75, 3.05) is 25.1 Å². The summed E-state index contributed by atoms with van der Waals surface area (Å²) in [4.78, 5) is 19.5. The Morgan fingerprint density at radius 1 is 1.00 bits per heavy atom. The molecule has 1 saturated carbocycles. The Morgan fingerprint density at radius 2 is 1.71 bits per heavy atom. The van der Waals surface area contributed by atoms with E-state index >= 15 is 0 Å². The molecular formula is C25H24N4O2. The predicted octanol–water partition coefficient (Wildman–Crippen LogP) is 4.13. The van der Waals surface area contributed by atoms with Crippen LogP contribution in [0.25, 0.3) is 28.0 Å². The van der Waals surface area contributed by atoms with Gasteiger partial charge in [0.25, 0.3) is 5.56 Å². The zero-order valence-electron chi connectivity index (χ0n) is 17.6. The van der Waals surface area contributed by atoms with Gasteiger partial charge >= 0.3 is 0 Å². The van der Waals surface area contributed by atoms with E-state index in [0.29, 0.717) is 5.56 Å². The van der Waals surface area contributed by atoms with E-state index in [4.69, 9.17) is 9.84 Å². The van der Waals surface area contributed by atoms with Crippen molar-refractivity contribution in [2.45, 2.75) is 13.3 Å². The molecule has 2 aromatic heterocycles. The summed E-state index contributed by atoms with van der Waals surface area (Å²) >= 11 is 0. The van der Waals surface area contributed by atoms with Crippen molar-refractivity contribution in [1.29, 1.82) is 0 Å². The number of hydrogen-bond acceptors (Lipinski definition) is 4. The molecule has 31 heavy (non-hydrogen) atoms. The molecule has 6 heteroatoms. The summed E-state index contributed by atoms with van der Waals surface area (Å²) in [5.74, 6) is 2.33. The number of aryl methyl sites for hydroxylation is 1. The summed E-state index contributed by atoms with van der Waals surface area (Å²) in [6.45, 7) is 4.03. The van der Waals surface area contributed by atoms with Gasteiger partial charge in [-0.25, -0.2) is 0 Å². The lowest BCUT2D eigenvalue weighted by Gasteiger charge is -2.20. The topological polar surface area (TPSA) is 62.6 Å². The molecule has 4 aromatic rings. The summed E-state index contributed by atoms with van der Waals surface area (Å²) in [6, 6.07) is 17.7. The second kappa shape index (κ2) is 6.74. The van der Waals surface area contributed by atoms with E-state index in [9.17, 15) is 4.79 Å². The van der Waals surface area contributed by atoms with Gasteiger partial charge in [-0.05, 0) is 42.9 Å². The highest BCUT2D eigenvalue weighted by molar-refractivity contribution is 5.87. The molecule has 0 amide bonds. The van der Waals surface area contributed by atoms with Crippen molar-refractivity contribution >= 4 is 11.3 Å². The lowest BCUT2D eigenvalue weighted by Crippen LogP contribution is -2.23. The fourth-order valence-corrected chi connectivity index (χ4v) is 4.94. The number of hydrogen-bond donors (Lipinski definition) is 1. The maximum atomic E-state index is 13.6. The standard InChI is InChI=1S/C25H24N4O2/c1-15-21(16-8-10-20(31-2)11-9-16)25(30)29-24(26-15)23(28-13-18-12-19(18)14-28)22(27-29)17-6-4-3-5-7-17/h3-11,18-19,26H,12-14H2,1-2H3. The van der Waals surface area contributed by atoms with Crippen LogP contribution >= 0.6 is 0 Å². The minimum absolute atomic E-state index is 0.107. The molecule has 6 nitrogen and oxygen atoms in total. The maximum absolute atomic E-state index is 13.6. The highest BCUT2D eigenvalue weighted by Crippen LogP contribution is 2.48. The Bertz CT molecular complexity index is 1330. The van der Waals surface area contributed by atoms with Gasteiger partial charge in [0, 0.05) is 24.3 Å². The zero-order chi connectivity index (χ0) is 21.1. The number of ether oxygens (including phenoxy) is 1. The van der Waals surface area contributed by atoms with E-state index < -0.39 is 0 Å². The minimum Gasteiger partial charge on any atom is -0.497 e. The smallest absolute Gasteiger partial charge is 0.282 e. The van der Waals surface area contributed by atoms with Crippen LogP contribution in [0.3, 0.4) is 0 Å². The highest BCUT2D eigenvalue weighted by atomic mass is 16.5. The van der Waals surface area contributed by atoms with Crippen LogP contribution in [-0.4, -0.2) is 34.8 Å². The number of aromatic amines is 1. The van der Waals surface area contributed by atoms with Crippen molar-refractivity contribution in [1.82, 2.24) is 14.6 Å². The fourth-order valence-electron chi connectivity index (χ4n) is 4.94. The Balaban J connectivity index is 1.58. The van der Waals surface area contributed by atoms with Crippen molar-refractivity contribution in [2.24, 2.45) is 11.8 Å². The maximum Gasteiger partial charge on any atom is 0.282 e. The molecule has 2 atom stereocenters. The van der Waals surface area contributed by atoms with E-state index in [1.54, 1.807) is 11.6 Å². The number of aromatic nitrogens is 3. The summed E-state index contributed by atoms with van der Waals surface area (Å²) in [7, 11) is 1.64. The lowest BCUT2D eigenvalue weighted by molar-refractivity contribution is 0.415. The number of piperidine rings is 1. The van der Waals surface area contributed by atoms with Crippen LogP contribution in [-0.2, 0) is 0 Å². The van der Waals surface area contributed by atoms with Gasteiger partial charge in [0.15, 0.2) is 5.65 Å². The second-order valence-electron chi connectivity index (χ2n) is 8.64. The highest BCUT2D eigenvalue weighted by Gasteiger charge is 2.46. The first-order valence-electron chi connectivity index (χ1n) is 10.7. The molecule has 0 radical (unpaired) electrons. The van der Waals surface area contributed by atoms with Gasteiger partial charge in [0.05, 0.1) is 12.7 Å². The van der Waals surface area contributed by atoms with Crippen LogP contribution < -0.4 is 15.2 Å². The number of H-pyrrole nitrogens is 1. The van der Waals surface area contributed by atoms with Crippen molar-refractivity contribution < 1.29 is 4.74 Å². The van der Waals surface area contributed by atoms with Crippen LogP contribution in [0, 0.1) is 18.8 Å². The van der Waals surface area contributed by atoms with Crippen LogP contribution in [0.4, 0.5) is 5.69 Å². The van der Waals surface area contributed by atoms with Gasteiger partial charge in [0.2, 0.25) is 0 Å². The summed E-state index contributed by atoms with van der Waals surface area (Å²) in [5, 5.41) is 4.83. The number of rotatable bonds is 4. The first-order chi connectivity index (χ1) is 15.1. The summed E-state index contributed by atoms with van der Waals surface area (Å²) in [6.07, 6.45) is 1.33. The molecule has 6 rings (SSSR count). The fraction of sp³-hybridized carbons (Fsp3) is 0.280. The van der Waals surface area contributed by atoms with Crippen LogP contribution in [0.15, 0.2) is 59.4 Å². The third-order valence-corrected chi connectivity index (χ3v) is 6.67. The van der Waals surface area contributed by atoms with E-state index in [2.05, 4.69) is 22.0 Å². The van der Waals surface area contributed by atoms with E-state index in [1.165, 1.54) is 6.42 Å². The number of nitrogens with one attached hydrogen (secondary N) is 1. The molecule has 2 aromatic carbocycles. The van der Waals surface area contributed by atoms with Gasteiger partial charge < -0.3 is 14.6 Å². The molecule has 0 spiro atoms. The first-order valence-corrected chi connectivity index (χ1v) is 10.7. The van der Waals surface area contributed by atoms with Gasteiger partial charge in [-0.1, -0.05) is 42.5 Å². The number of benzene rings is 2. The van der Waals surface area contributed by atoms with Crippen molar-refractivity contribution in [3.8, 4) is 28.1 Å². The molecule has 0 bridgehead atoms. The Labute approximate surface area is 180 Å². The molecule has 1 N–H and O–H groups in total. The van der Waals surface area contributed by atoms with E-state index in [-0.39, 0.29) is 5.56 Å². The monoisotopic (exact) mass is 412 g/mol. The zero-order valence-corrected chi connectivity index (χ0v) is 17.6. The van der Waals surface area contributed by atoms with Gasteiger partial charge in [0.1, 0.15) is 17.1 Å². The number of nitrogens with zero attached hydrogens (tertiary/aromatic N) is 3. The number of fused-ring (bicyclic) bond motifs is 2. The average molecular weight is 412 g/mol. The van der Waals surface area contributed by atoms with Gasteiger partial charge in [-0.3, -0.25) is 4.79 Å². The molecule has 2 unspecified atom stereocenters. The summed E-state index contributed by atoms with van der Waals surface area (Å²) in [5.41, 5.74) is 5.92. The third-order valence-electron chi connectivity index (χ3n) is 6.67. The van der Waals surface area contributed by atoms with E-state index in [0.717, 1.165) is 64.5 Å². The lowest BCUT2D eigenvalue weighted by atomic mass is 10.1. The molecule has 156 valence electrons. The van der Waals surface area contributed by atoms with Crippen molar-refractivity contribution in [3.63, 3.8) is 0 Å². The summed E-state index contributed by atoms with van der Waals surface area (Å²) < 4.78 is 6.81. The van der Waals surface area contributed by atoms with Crippen LogP contribution in [0.1, 0.15) is 12.1 Å². The van der Waals surface area contributed by atoms with Crippen LogP contribution in [0.5, 0.6) is 5.75 Å². The van der Waals surface area contributed by atoms with Gasteiger partial charge in [-0.15, -0.1) is 0 Å². The van der Waals surface area contributed by atoms with Crippen molar-refractivity contribution in [3.05, 3.63) is 70.6 Å². The Hall–Kier alpha value is -3.54. The minimum atomic E-state index is -0.107. The number of methoxy groups -OCH3 is 1. The molecule has 2 fully saturated rings. The molecule has 2 aliphatic rings. The first kappa shape index (κ1) is 18.2. The number of anilines is 1. The normalized spacial score (nSPS) is 19.6. The van der Waals surface area contributed by atoms with Gasteiger partial charge in [-0.2, -0.15) is 9.61 Å². The Morgan fingerprint density at radius 3 is 2.39 bits per heavy atom. The second-order valence-corrected chi connectivity index (χ2v) is 8.64. The molecule has 1 aliphatic carbocycles. The largest absolute Gasteiger partial charge is 0.497 e. The molecule has 3 heterocycles. The molecule has 1 saturated heterocycles. The van der Waals surface area contributed by atoms with E-state index in [1.807, 2.05) is 49.4 Å². The van der Waals surface area contributed by atoms with Crippen LogP contribution in [0.2, 0.25) is 0 Å². The third kappa shape index (κ3) is 2.86. The Kier molecular flexibility index (Phi) is 3.96. The quantitative estimate of drug-likeness (QED) is 0.548.